The summed E-state index contributed by atoms with van der Waals surface area (Å²) in [6, 6.07) is 17.5. The van der Waals surface area contributed by atoms with Crippen molar-refractivity contribution in [2.24, 2.45) is 0 Å². The van der Waals surface area contributed by atoms with Gasteiger partial charge in [0.25, 0.3) is 0 Å². The van der Waals surface area contributed by atoms with E-state index >= 15 is 0 Å². The molecule has 0 bridgehead atoms. The summed E-state index contributed by atoms with van der Waals surface area (Å²) in [7, 11) is 0. The van der Waals surface area contributed by atoms with Gasteiger partial charge in [-0.25, -0.2) is 0 Å². The first-order valence-electron chi connectivity index (χ1n) is 6.69. The predicted molar refractivity (Wildman–Crippen MR) is 87.7 cm³/mol. The highest BCUT2D eigenvalue weighted by Crippen LogP contribution is 2.52. The van der Waals surface area contributed by atoms with E-state index in [1.165, 1.54) is 17.5 Å². The summed E-state index contributed by atoms with van der Waals surface area (Å²) in [4.78, 5) is 3.31. The summed E-state index contributed by atoms with van der Waals surface area (Å²) >= 11 is 9.01. The van der Waals surface area contributed by atoms with Gasteiger partial charge in [-0.1, -0.05) is 46.3 Å². The largest absolute Gasteiger partial charge is 0.331 e. The monoisotopic (exact) mass is 344 g/mol. The van der Waals surface area contributed by atoms with E-state index < -0.39 is 0 Å². The van der Waals surface area contributed by atoms with Gasteiger partial charge < -0.3 is 9.55 Å². The van der Waals surface area contributed by atoms with Crippen LogP contribution in [0.4, 0.5) is 0 Å². The molecule has 4 rings (SSSR count). The van der Waals surface area contributed by atoms with Crippen molar-refractivity contribution in [3.63, 3.8) is 0 Å². The van der Waals surface area contributed by atoms with Crippen LogP contribution in [0.25, 0.3) is 11.0 Å². The van der Waals surface area contributed by atoms with E-state index in [9.17, 15) is 0 Å². The number of aromatic nitrogens is 2. The number of aromatic amines is 1. The molecule has 1 N–H and O–H groups in total. The maximum atomic E-state index is 5.51. The molecule has 1 aromatic heterocycles. The Kier molecular flexibility index (Phi) is 2.82. The molecule has 4 heteroatoms. The van der Waals surface area contributed by atoms with Crippen LogP contribution in [0.1, 0.15) is 23.9 Å². The Morgan fingerprint density at radius 1 is 1.15 bits per heavy atom. The average Bonchev–Trinajstić information content (AvgIpc) is 3.16. The average molecular weight is 345 g/mol. The first kappa shape index (κ1) is 12.4. The van der Waals surface area contributed by atoms with Gasteiger partial charge in [-0.05, 0) is 42.4 Å². The van der Waals surface area contributed by atoms with Gasteiger partial charge in [-0.2, -0.15) is 0 Å². The maximum Gasteiger partial charge on any atom is 0.178 e. The molecule has 1 saturated carbocycles. The third-order valence-corrected chi connectivity index (χ3v) is 4.79. The fourth-order valence-electron chi connectivity index (χ4n) is 2.96. The maximum absolute atomic E-state index is 5.51. The van der Waals surface area contributed by atoms with Crippen LogP contribution >= 0.6 is 28.1 Å². The van der Waals surface area contributed by atoms with E-state index in [4.69, 9.17) is 12.2 Å². The van der Waals surface area contributed by atoms with E-state index in [-0.39, 0.29) is 0 Å². The number of benzene rings is 2. The summed E-state index contributed by atoms with van der Waals surface area (Å²) in [5.74, 6) is 0.588. The SMILES string of the molecule is S=c1[nH]c2cc(Br)ccc2n1C1CC1c1ccccc1. The summed E-state index contributed by atoms with van der Waals surface area (Å²) in [6.07, 6.45) is 1.17. The van der Waals surface area contributed by atoms with Crippen molar-refractivity contribution in [3.8, 4) is 0 Å². The summed E-state index contributed by atoms with van der Waals surface area (Å²) in [5.41, 5.74) is 3.70. The molecule has 0 aliphatic heterocycles. The first-order chi connectivity index (χ1) is 9.74. The number of rotatable bonds is 2. The molecule has 20 heavy (non-hydrogen) atoms. The third-order valence-electron chi connectivity index (χ3n) is 3.99. The van der Waals surface area contributed by atoms with Crippen LogP contribution in [0.2, 0.25) is 0 Å². The molecule has 0 saturated heterocycles. The minimum Gasteiger partial charge on any atom is -0.331 e. The highest BCUT2D eigenvalue weighted by atomic mass is 79.9. The molecule has 1 aliphatic carbocycles. The van der Waals surface area contributed by atoms with Crippen molar-refractivity contribution >= 4 is 39.2 Å². The standard InChI is InChI=1S/C16H13BrN2S/c17-11-6-7-14-13(8-11)18-16(20)19(14)15-9-12(15)10-4-2-1-3-5-10/h1-8,12,15H,9H2,(H,18,20). The lowest BCUT2D eigenvalue weighted by Gasteiger charge is -2.04. The molecule has 2 aromatic carbocycles. The zero-order chi connectivity index (χ0) is 13.7. The number of hydrogen-bond donors (Lipinski definition) is 1. The number of hydrogen-bond acceptors (Lipinski definition) is 1. The van der Waals surface area contributed by atoms with Gasteiger partial charge in [0.1, 0.15) is 0 Å². The van der Waals surface area contributed by atoms with E-state index in [1.807, 2.05) is 0 Å². The van der Waals surface area contributed by atoms with E-state index in [0.717, 1.165) is 14.8 Å². The summed E-state index contributed by atoms with van der Waals surface area (Å²) < 4.78 is 4.17. The van der Waals surface area contributed by atoms with Crippen molar-refractivity contribution in [2.75, 3.05) is 0 Å². The number of nitrogens with zero attached hydrogens (tertiary/aromatic N) is 1. The quantitative estimate of drug-likeness (QED) is 0.634. The number of nitrogens with one attached hydrogen (secondary N) is 1. The van der Waals surface area contributed by atoms with Crippen LogP contribution in [-0.2, 0) is 0 Å². The first-order valence-corrected chi connectivity index (χ1v) is 7.89. The molecule has 2 atom stereocenters. The van der Waals surface area contributed by atoms with Crippen LogP contribution in [0.15, 0.2) is 53.0 Å². The lowest BCUT2D eigenvalue weighted by Crippen LogP contribution is -1.96. The molecular formula is C16H13BrN2S. The van der Waals surface area contributed by atoms with Gasteiger partial charge in [0.05, 0.1) is 11.0 Å². The predicted octanol–water partition coefficient (Wildman–Crippen LogP) is 5.19. The van der Waals surface area contributed by atoms with Gasteiger partial charge in [-0.15, -0.1) is 0 Å². The summed E-state index contributed by atoms with van der Waals surface area (Å²) in [6.45, 7) is 0. The van der Waals surface area contributed by atoms with Gasteiger partial charge in [0.15, 0.2) is 4.77 Å². The van der Waals surface area contributed by atoms with Crippen LogP contribution < -0.4 is 0 Å². The van der Waals surface area contributed by atoms with Crippen molar-refractivity contribution in [2.45, 2.75) is 18.4 Å². The Balaban J connectivity index is 1.78. The Hall–Kier alpha value is -1.39. The van der Waals surface area contributed by atoms with Crippen molar-refractivity contribution in [3.05, 3.63) is 63.3 Å². The molecule has 2 unspecified atom stereocenters. The molecule has 3 aromatic rings. The van der Waals surface area contributed by atoms with E-state index in [1.54, 1.807) is 0 Å². The Morgan fingerprint density at radius 3 is 2.75 bits per heavy atom. The van der Waals surface area contributed by atoms with Crippen LogP contribution in [0.5, 0.6) is 0 Å². The Bertz CT molecular complexity index is 835. The fraction of sp³-hybridized carbons (Fsp3) is 0.188. The number of H-pyrrole nitrogens is 1. The van der Waals surface area contributed by atoms with Gasteiger partial charge >= 0.3 is 0 Å². The second kappa shape index (κ2) is 4.57. The minimum atomic E-state index is 0.486. The van der Waals surface area contributed by atoms with Crippen LogP contribution in [-0.4, -0.2) is 9.55 Å². The fourth-order valence-corrected chi connectivity index (χ4v) is 3.66. The molecule has 1 aliphatic rings. The highest BCUT2D eigenvalue weighted by Gasteiger charge is 2.40. The molecule has 1 fully saturated rings. The normalized spacial score (nSPS) is 21.2. The molecular weight excluding hydrogens is 332 g/mol. The van der Waals surface area contributed by atoms with Crippen molar-refractivity contribution in [1.29, 1.82) is 0 Å². The van der Waals surface area contributed by atoms with Crippen LogP contribution in [0, 0.1) is 4.77 Å². The van der Waals surface area contributed by atoms with Crippen LogP contribution in [0.3, 0.4) is 0 Å². The molecule has 1 heterocycles. The topological polar surface area (TPSA) is 20.7 Å². The molecule has 0 amide bonds. The summed E-state index contributed by atoms with van der Waals surface area (Å²) in [5, 5.41) is 0. The van der Waals surface area contributed by atoms with Crippen molar-refractivity contribution < 1.29 is 0 Å². The highest BCUT2D eigenvalue weighted by molar-refractivity contribution is 9.10. The number of imidazole rings is 1. The Morgan fingerprint density at radius 2 is 1.95 bits per heavy atom. The smallest absolute Gasteiger partial charge is 0.178 e. The molecule has 2 nitrogen and oxygen atoms in total. The van der Waals surface area contributed by atoms with E-state index in [2.05, 4.69) is 74.0 Å². The van der Waals surface area contributed by atoms with Gasteiger partial charge in [-0.3, -0.25) is 0 Å². The number of halogens is 1. The molecule has 0 spiro atoms. The number of fused-ring (bicyclic) bond motifs is 1. The van der Waals surface area contributed by atoms with Gasteiger partial charge in [0, 0.05) is 16.4 Å². The zero-order valence-electron chi connectivity index (χ0n) is 10.7. The lowest BCUT2D eigenvalue weighted by atomic mass is 10.1. The molecule has 100 valence electrons. The van der Waals surface area contributed by atoms with Gasteiger partial charge in [0.2, 0.25) is 0 Å². The lowest BCUT2D eigenvalue weighted by molar-refractivity contribution is 0.728. The van der Waals surface area contributed by atoms with Crippen molar-refractivity contribution in [1.82, 2.24) is 9.55 Å². The molecule has 0 radical (unpaired) electrons. The minimum absolute atomic E-state index is 0.486. The second-order valence-electron chi connectivity index (χ2n) is 5.28. The zero-order valence-corrected chi connectivity index (χ0v) is 13.1. The third kappa shape index (κ3) is 1.95. The van der Waals surface area contributed by atoms with E-state index in [0.29, 0.717) is 12.0 Å². The second-order valence-corrected chi connectivity index (χ2v) is 6.58. The Labute approximate surface area is 130 Å².